The number of nitro groups is 1. The highest BCUT2D eigenvalue weighted by molar-refractivity contribution is 5.34. The van der Waals surface area contributed by atoms with Crippen molar-refractivity contribution in [2.24, 2.45) is 0 Å². The number of non-ortho nitro benzene ring substituents is 1. The van der Waals surface area contributed by atoms with E-state index in [2.05, 4.69) is 4.90 Å². The number of hydrogen-bond acceptors (Lipinski definition) is 5. The SMILES string of the molecule is O=[N+]([O-])c1ccc(CN2CCC(OCCCO)CC2)c(F)c1. The average Bonchev–Trinajstić information content (AvgIpc) is 2.51. The van der Waals surface area contributed by atoms with Crippen molar-refractivity contribution >= 4 is 5.69 Å². The molecular weight excluding hydrogens is 291 g/mol. The number of aliphatic hydroxyl groups is 1. The van der Waals surface area contributed by atoms with Gasteiger partial charge in [-0.25, -0.2) is 4.39 Å². The quantitative estimate of drug-likeness (QED) is 0.474. The number of halogens is 1. The number of ether oxygens (including phenoxy) is 1. The molecule has 2 rings (SSSR count). The first-order valence-corrected chi connectivity index (χ1v) is 7.48. The van der Waals surface area contributed by atoms with Gasteiger partial charge in [-0.15, -0.1) is 0 Å². The largest absolute Gasteiger partial charge is 0.396 e. The van der Waals surface area contributed by atoms with Crippen LogP contribution in [0.4, 0.5) is 10.1 Å². The summed E-state index contributed by atoms with van der Waals surface area (Å²) in [4.78, 5) is 12.1. The van der Waals surface area contributed by atoms with E-state index in [4.69, 9.17) is 9.84 Å². The highest BCUT2D eigenvalue weighted by atomic mass is 19.1. The zero-order valence-electron chi connectivity index (χ0n) is 12.4. The van der Waals surface area contributed by atoms with Crippen molar-refractivity contribution in [1.82, 2.24) is 4.90 Å². The van der Waals surface area contributed by atoms with Crippen LogP contribution in [0.15, 0.2) is 18.2 Å². The van der Waals surface area contributed by atoms with Crippen LogP contribution in [0, 0.1) is 15.9 Å². The Hall–Kier alpha value is -1.57. The van der Waals surface area contributed by atoms with Gasteiger partial charge in [-0.05, 0) is 25.3 Å². The van der Waals surface area contributed by atoms with Crippen LogP contribution < -0.4 is 0 Å². The molecule has 0 aliphatic carbocycles. The van der Waals surface area contributed by atoms with Crippen molar-refractivity contribution in [1.29, 1.82) is 0 Å². The second-order valence-electron chi connectivity index (χ2n) is 5.46. The van der Waals surface area contributed by atoms with E-state index in [9.17, 15) is 14.5 Å². The minimum Gasteiger partial charge on any atom is -0.396 e. The Kier molecular flexibility index (Phi) is 6.23. The fraction of sp³-hybridized carbons (Fsp3) is 0.600. The van der Waals surface area contributed by atoms with Crippen molar-refractivity contribution in [2.45, 2.75) is 31.9 Å². The Morgan fingerprint density at radius 3 is 2.73 bits per heavy atom. The summed E-state index contributed by atoms with van der Waals surface area (Å²) >= 11 is 0. The summed E-state index contributed by atoms with van der Waals surface area (Å²) in [5, 5.41) is 19.3. The van der Waals surface area contributed by atoms with Crippen molar-refractivity contribution in [3.8, 4) is 0 Å². The number of hydrogen-bond donors (Lipinski definition) is 1. The van der Waals surface area contributed by atoms with E-state index in [0.717, 1.165) is 32.0 Å². The molecule has 1 fully saturated rings. The summed E-state index contributed by atoms with van der Waals surface area (Å²) in [5.74, 6) is -0.532. The molecule has 0 atom stereocenters. The maximum Gasteiger partial charge on any atom is 0.272 e. The molecule has 0 bridgehead atoms. The Bertz CT molecular complexity index is 504. The van der Waals surface area contributed by atoms with E-state index >= 15 is 0 Å². The molecule has 0 spiro atoms. The van der Waals surface area contributed by atoms with Crippen LogP contribution in [0.5, 0.6) is 0 Å². The van der Waals surface area contributed by atoms with Crippen LogP contribution >= 0.6 is 0 Å². The molecule has 0 amide bonds. The molecule has 122 valence electrons. The molecule has 0 aromatic heterocycles. The van der Waals surface area contributed by atoms with Crippen molar-refractivity contribution in [2.75, 3.05) is 26.3 Å². The number of piperidine rings is 1. The number of nitro benzene ring substituents is 1. The smallest absolute Gasteiger partial charge is 0.272 e. The number of likely N-dealkylation sites (tertiary alicyclic amines) is 1. The van der Waals surface area contributed by atoms with Gasteiger partial charge in [0.2, 0.25) is 0 Å². The third kappa shape index (κ3) is 4.72. The molecule has 0 unspecified atom stereocenters. The molecule has 1 aliphatic rings. The van der Waals surface area contributed by atoms with E-state index in [1.807, 2.05) is 0 Å². The first kappa shape index (κ1) is 16.8. The van der Waals surface area contributed by atoms with Gasteiger partial charge in [0.1, 0.15) is 5.82 Å². The van der Waals surface area contributed by atoms with Gasteiger partial charge in [0.25, 0.3) is 5.69 Å². The van der Waals surface area contributed by atoms with E-state index in [-0.39, 0.29) is 18.4 Å². The summed E-state index contributed by atoms with van der Waals surface area (Å²) in [6.07, 6.45) is 2.60. The van der Waals surface area contributed by atoms with Crippen LogP contribution in [0.2, 0.25) is 0 Å². The minimum absolute atomic E-state index is 0.137. The van der Waals surface area contributed by atoms with E-state index < -0.39 is 10.7 Å². The van der Waals surface area contributed by atoms with Crippen molar-refractivity contribution in [3.05, 3.63) is 39.7 Å². The van der Waals surface area contributed by atoms with Gasteiger partial charge < -0.3 is 9.84 Å². The maximum absolute atomic E-state index is 13.9. The summed E-state index contributed by atoms with van der Waals surface area (Å²) in [7, 11) is 0. The molecule has 1 aromatic rings. The zero-order chi connectivity index (χ0) is 15.9. The molecule has 1 N–H and O–H groups in total. The molecule has 0 radical (unpaired) electrons. The average molecular weight is 312 g/mol. The van der Waals surface area contributed by atoms with Crippen LogP contribution in [0.1, 0.15) is 24.8 Å². The summed E-state index contributed by atoms with van der Waals surface area (Å²) in [6, 6.07) is 3.79. The third-order valence-corrected chi connectivity index (χ3v) is 3.83. The number of aliphatic hydroxyl groups excluding tert-OH is 1. The van der Waals surface area contributed by atoms with Gasteiger partial charge in [-0.2, -0.15) is 0 Å². The fourth-order valence-electron chi connectivity index (χ4n) is 2.57. The zero-order valence-corrected chi connectivity index (χ0v) is 12.4. The predicted molar refractivity (Wildman–Crippen MR) is 79.0 cm³/mol. The minimum atomic E-state index is -0.595. The Morgan fingerprint density at radius 1 is 1.41 bits per heavy atom. The topological polar surface area (TPSA) is 75.8 Å². The van der Waals surface area contributed by atoms with Gasteiger partial charge in [-0.3, -0.25) is 15.0 Å². The lowest BCUT2D eigenvalue weighted by atomic mass is 10.1. The Labute approximate surface area is 128 Å². The van der Waals surface area contributed by atoms with Crippen molar-refractivity contribution in [3.63, 3.8) is 0 Å². The Balaban J connectivity index is 1.82. The lowest BCUT2D eigenvalue weighted by Crippen LogP contribution is -2.36. The van der Waals surface area contributed by atoms with Gasteiger partial charge in [0, 0.05) is 44.5 Å². The summed E-state index contributed by atoms with van der Waals surface area (Å²) in [5.41, 5.74) is 0.252. The lowest BCUT2D eigenvalue weighted by molar-refractivity contribution is -0.385. The normalized spacial score (nSPS) is 16.8. The number of nitrogens with zero attached hydrogens (tertiary/aromatic N) is 2. The monoisotopic (exact) mass is 312 g/mol. The molecule has 1 saturated heterocycles. The van der Waals surface area contributed by atoms with Crippen molar-refractivity contribution < 1.29 is 19.2 Å². The summed E-state index contributed by atoms with van der Waals surface area (Å²) in [6.45, 7) is 2.77. The van der Waals surface area contributed by atoms with E-state index in [0.29, 0.717) is 25.1 Å². The predicted octanol–water partition coefficient (Wildman–Crippen LogP) is 2.10. The molecule has 22 heavy (non-hydrogen) atoms. The lowest BCUT2D eigenvalue weighted by Gasteiger charge is -2.31. The van der Waals surface area contributed by atoms with Crippen LogP contribution in [-0.4, -0.2) is 47.3 Å². The second kappa shape index (κ2) is 8.17. The Morgan fingerprint density at radius 2 is 2.14 bits per heavy atom. The number of rotatable bonds is 7. The van der Waals surface area contributed by atoms with E-state index in [1.54, 1.807) is 0 Å². The molecule has 7 heteroatoms. The summed E-state index contributed by atoms with van der Waals surface area (Å²) < 4.78 is 19.5. The molecule has 1 aliphatic heterocycles. The third-order valence-electron chi connectivity index (χ3n) is 3.83. The standard InChI is InChI=1S/C15H21FN2O4/c16-15-10-13(18(20)21)3-2-12(15)11-17-6-4-14(5-7-17)22-9-1-8-19/h2-3,10,14,19H,1,4-9,11H2. The molecular formula is C15H21FN2O4. The van der Waals surface area contributed by atoms with Crippen LogP contribution in [0.25, 0.3) is 0 Å². The highest BCUT2D eigenvalue weighted by Crippen LogP contribution is 2.20. The van der Waals surface area contributed by atoms with Crippen LogP contribution in [-0.2, 0) is 11.3 Å². The molecule has 1 heterocycles. The molecule has 1 aromatic carbocycles. The van der Waals surface area contributed by atoms with Gasteiger partial charge in [0.15, 0.2) is 0 Å². The molecule has 6 nitrogen and oxygen atoms in total. The first-order chi connectivity index (χ1) is 10.6. The van der Waals surface area contributed by atoms with Gasteiger partial charge in [-0.1, -0.05) is 0 Å². The fourth-order valence-corrected chi connectivity index (χ4v) is 2.57. The second-order valence-corrected chi connectivity index (χ2v) is 5.46. The van der Waals surface area contributed by atoms with Crippen LogP contribution in [0.3, 0.4) is 0 Å². The highest BCUT2D eigenvalue weighted by Gasteiger charge is 2.21. The van der Waals surface area contributed by atoms with E-state index in [1.165, 1.54) is 12.1 Å². The number of benzene rings is 1. The van der Waals surface area contributed by atoms with Gasteiger partial charge >= 0.3 is 0 Å². The molecule has 0 saturated carbocycles. The van der Waals surface area contributed by atoms with Gasteiger partial charge in [0.05, 0.1) is 17.1 Å². The first-order valence-electron chi connectivity index (χ1n) is 7.48. The maximum atomic E-state index is 13.9.